The van der Waals surface area contributed by atoms with Crippen LogP contribution in [0.5, 0.6) is 0 Å². The van der Waals surface area contributed by atoms with E-state index in [2.05, 4.69) is 5.32 Å². The lowest BCUT2D eigenvalue weighted by atomic mass is 9.93. The Morgan fingerprint density at radius 2 is 2.04 bits per heavy atom. The van der Waals surface area contributed by atoms with E-state index in [9.17, 15) is 9.59 Å². The van der Waals surface area contributed by atoms with Gasteiger partial charge in [-0.25, -0.2) is 0 Å². The topological polar surface area (TPSA) is 84.7 Å². The van der Waals surface area contributed by atoms with E-state index in [0.29, 0.717) is 12.3 Å². The first-order valence-corrected chi connectivity index (χ1v) is 8.08. The Morgan fingerprint density at radius 3 is 2.61 bits per heavy atom. The van der Waals surface area contributed by atoms with Crippen molar-refractivity contribution in [2.24, 2.45) is 0 Å². The van der Waals surface area contributed by atoms with E-state index in [1.54, 1.807) is 20.0 Å². The molecule has 1 heterocycles. The van der Waals surface area contributed by atoms with Crippen LogP contribution in [-0.4, -0.2) is 43.5 Å². The molecule has 2 rings (SSSR count). The smallest absolute Gasteiger partial charge is 0.306 e. The molecule has 6 heteroatoms. The van der Waals surface area contributed by atoms with Gasteiger partial charge >= 0.3 is 5.97 Å². The van der Waals surface area contributed by atoms with Gasteiger partial charge in [0.25, 0.3) is 0 Å². The summed E-state index contributed by atoms with van der Waals surface area (Å²) in [7, 11) is 1.79. The van der Waals surface area contributed by atoms with Crippen LogP contribution in [0, 0.1) is 0 Å². The Labute approximate surface area is 137 Å². The zero-order valence-electron chi connectivity index (χ0n) is 13.8. The minimum Gasteiger partial charge on any atom is -0.466 e. The molecule has 1 aliphatic rings. The number of benzene rings is 1. The molecule has 0 bridgehead atoms. The third kappa shape index (κ3) is 4.15. The third-order valence-electron chi connectivity index (χ3n) is 4.14. The minimum atomic E-state index is -0.541. The van der Waals surface area contributed by atoms with Crippen molar-refractivity contribution >= 4 is 23.3 Å². The second kappa shape index (κ2) is 7.85. The van der Waals surface area contributed by atoms with Crippen LogP contribution in [0.25, 0.3) is 0 Å². The molecule has 0 spiro atoms. The predicted octanol–water partition coefficient (Wildman–Crippen LogP) is 1.97. The number of rotatable bonds is 6. The number of nitrogens with zero attached hydrogens (tertiary/aromatic N) is 1. The van der Waals surface area contributed by atoms with E-state index >= 15 is 0 Å². The van der Waals surface area contributed by atoms with Crippen molar-refractivity contribution in [2.75, 3.05) is 37.8 Å². The van der Waals surface area contributed by atoms with Crippen molar-refractivity contribution in [1.29, 1.82) is 0 Å². The Morgan fingerprint density at radius 1 is 1.35 bits per heavy atom. The summed E-state index contributed by atoms with van der Waals surface area (Å²) in [6, 6.07) is 5.45. The number of nitrogens with two attached hydrogens (primary N) is 1. The lowest BCUT2D eigenvalue weighted by Crippen LogP contribution is -2.34. The number of nitrogens with one attached hydrogen (secondary N) is 1. The maximum absolute atomic E-state index is 12.8. The highest BCUT2D eigenvalue weighted by atomic mass is 16.5. The number of carbonyl (C=O) groups excluding carboxylic acids is 2. The molecule has 1 aromatic carbocycles. The van der Waals surface area contributed by atoms with Gasteiger partial charge in [-0.2, -0.15) is 0 Å². The first kappa shape index (κ1) is 17.1. The van der Waals surface area contributed by atoms with E-state index in [1.165, 1.54) is 0 Å². The molecule has 0 saturated carbocycles. The monoisotopic (exact) mass is 319 g/mol. The number of ether oxygens (including phenoxy) is 1. The van der Waals surface area contributed by atoms with E-state index in [4.69, 9.17) is 10.5 Å². The molecule has 0 aromatic heterocycles. The molecule has 0 aliphatic carbocycles. The summed E-state index contributed by atoms with van der Waals surface area (Å²) in [6.45, 7) is 3.57. The molecule has 3 N–H and O–H groups in total. The van der Waals surface area contributed by atoms with E-state index in [1.807, 2.05) is 17.0 Å². The number of anilines is 2. The van der Waals surface area contributed by atoms with Crippen LogP contribution in [0.4, 0.5) is 11.4 Å². The first-order chi connectivity index (χ1) is 11.1. The number of nitrogen functional groups attached to an aromatic ring is 1. The van der Waals surface area contributed by atoms with Crippen molar-refractivity contribution in [2.45, 2.75) is 32.1 Å². The first-order valence-electron chi connectivity index (χ1n) is 8.08. The van der Waals surface area contributed by atoms with Gasteiger partial charge in [-0.3, -0.25) is 9.59 Å². The summed E-state index contributed by atoms with van der Waals surface area (Å²) < 4.78 is 5.03. The second-order valence-electron chi connectivity index (χ2n) is 5.69. The molecule has 1 fully saturated rings. The van der Waals surface area contributed by atoms with Crippen molar-refractivity contribution < 1.29 is 14.3 Å². The van der Waals surface area contributed by atoms with Crippen LogP contribution < -0.4 is 11.1 Å². The average molecular weight is 319 g/mol. The number of amides is 1. The summed E-state index contributed by atoms with van der Waals surface area (Å²) in [5.41, 5.74) is 8.13. The number of likely N-dealkylation sites (tertiary alicyclic amines) is 1. The zero-order chi connectivity index (χ0) is 16.8. The van der Waals surface area contributed by atoms with Gasteiger partial charge in [0.05, 0.1) is 30.3 Å². The molecule has 0 radical (unpaired) electrons. The fourth-order valence-corrected chi connectivity index (χ4v) is 2.92. The molecule has 1 aromatic rings. The summed E-state index contributed by atoms with van der Waals surface area (Å²) in [6.07, 6.45) is 2.07. The molecule has 1 unspecified atom stereocenters. The lowest BCUT2D eigenvalue weighted by molar-refractivity contribution is -0.146. The number of hydrogen-bond donors (Lipinski definition) is 2. The molecule has 1 atom stereocenters. The van der Waals surface area contributed by atoms with Crippen LogP contribution in [0.1, 0.15) is 37.7 Å². The molecule has 1 amide bonds. The van der Waals surface area contributed by atoms with Gasteiger partial charge in [-0.1, -0.05) is 6.07 Å². The molecule has 6 nitrogen and oxygen atoms in total. The summed E-state index contributed by atoms with van der Waals surface area (Å²) in [4.78, 5) is 26.6. The summed E-state index contributed by atoms with van der Waals surface area (Å²) >= 11 is 0. The van der Waals surface area contributed by atoms with Gasteiger partial charge in [-0.15, -0.1) is 0 Å². The van der Waals surface area contributed by atoms with Crippen LogP contribution in [0.15, 0.2) is 18.2 Å². The highest BCUT2D eigenvalue weighted by Gasteiger charge is 2.30. The molecular formula is C17H25N3O3. The second-order valence-corrected chi connectivity index (χ2v) is 5.69. The van der Waals surface area contributed by atoms with Crippen molar-refractivity contribution in [3.05, 3.63) is 23.8 Å². The lowest BCUT2D eigenvalue weighted by Gasteiger charge is -2.23. The Bertz CT molecular complexity index is 568. The fraction of sp³-hybridized carbons (Fsp3) is 0.529. The molecular weight excluding hydrogens is 294 g/mol. The van der Waals surface area contributed by atoms with Gasteiger partial charge in [0.15, 0.2) is 0 Å². The Hall–Kier alpha value is -2.24. The quantitative estimate of drug-likeness (QED) is 0.618. The van der Waals surface area contributed by atoms with Crippen LogP contribution >= 0.6 is 0 Å². The molecule has 1 saturated heterocycles. The average Bonchev–Trinajstić information content (AvgIpc) is 3.06. The highest BCUT2D eigenvalue weighted by molar-refractivity contribution is 5.89. The van der Waals surface area contributed by atoms with Crippen LogP contribution in [0.2, 0.25) is 0 Å². The number of esters is 1. The van der Waals surface area contributed by atoms with Gasteiger partial charge in [-0.05, 0) is 37.5 Å². The normalized spacial score (nSPS) is 15.3. The van der Waals surface area contributed by atoms with Crippen molar-refractivity contribution in [3.8, 4) is 0 Å². The van der Waals surface area contributed by atoms with E-state index in [0.717, 1.165) is 37.2 Å². The van der Waals surface area contributed by atoms with Crippen LogP contribution in [0.3, 0.4) is 0 Å². The standard InChI is InChI=1S/C17H25N3O3/c1-3-23-16(21)11-13(17(22)20-8-4-5-9-20)12-6-7-15(19-2)14(18)10-12/h6-7,10,13,19H,3-5,8-9,11,18H2,1-2H3. The highest BCUT2D eigenvalue weighted by Crippen LogP contribution is 2.29. The van der Waals surface area contributed by atoms with E-state index in [-0.39, 0.29) is 18.3 Å². The summed E-state index contributed by atoms with van der Waals surface area (Å²) in [5, 5.41) is 2.99. The van der Waals surface area contributed by atoms with Gasteiger partial charge in [0.1, 0.15) is 0 Å². The SMILES string of the molecule is CCOC(=O)CC(C(=O)N1CCCC1)c1ccc(NC)c(N)c1. The van der Waals surface area contributed by atoms with Crippen molar-refractivity contribution in [3.63, 3.8) is 0 Å². The number of hydrogen-bond acceptors (Lipinski definition) is 5. The molecule has 23 heavy (non-hydrogen) atoms. The maximum atomic E-state index is 12.8. The van der Waals surface area contributed by atoms with Gasteiger partial charge in [0.2, 0.25) is 5.91 Å². The zero-order valence-corrected chi connectivity index (χ0v) is 13.8. The summed E-state index contributed by atoms with van der Waals surface area (Å²) in [5.74, 6) is -0.922. The largest absolute Gasteiger partial charge is 0.466 e. The van der Waals surface area contributed by atoms with E-state index < -0.39 is 5.92 Å². The fourth-order valence-electron chi connectivity index (χ4n) is 2.92. The molecule has 126 valence electrons. The third-order valence-corrected chi connectivity index (χ3v) is 4.14. The Balaban J connectivity index is 2.26. The van der Waals surface area contributed by atoms with Gasteiger partial charge < -0.3 is 20.7 Å². The predicted molar refractivity (Wildman–Crippen MR) is 90.2 cm³/mol. The van der Waals surface area contributed by atoms with Crippen molar-refractivity contribution in [1.82, 2.24) is 4.90 Å². The number of carbonyl (C=O) groups is 2. The van der Waals surface area contributed by atoms with Gasteiger partial charge in [0, 0.05) is 20.1 Å². The Kier molecular flexibility index (Phi) is 5.84. The maximum Gasteiger partial charge on any atom is 0.306 e. The van der Waals surface area contributed by atoms with Crippen LogP contribution in [-0.2, 0) is 14.3 Å². The minimum absolute atomic E-state index is 0.0211. The molecule has 1 aliphatic heterocycles.